The molecule has 18 atom stereocenters. The van der Waals surface area contributed by atoms with Crippen LogP contribution in [0.2, 0.25) is 0 Å². The Morgan fingerprint density at radius 3 is 2.12 bits per heavy atom. The number of hydrogen-bond donors (Lipinski definition) is 5. The molecule has 3 saturated heterocycles. The highest BCUT2D eigenvalue weighted by molar-refractivity contribution is 5.73. The first-order chi connectivity index (χ1) is 23.0. The third-order valence-electron chi connectivity index (χ3n) is 11.7. The van der Waals surface area contributed by atoms with Gasteiger partial charge in [0.25, 0.3) is 0 Å². The van der Waals surface area contributed by atoms with Gasteiger partial charge in [0, 0.05) is 31.0 Å². The van der Waals surface area contributed by atoms with Crippen molar-refractivity contribution in [2.24, 2.45) is 23.7 Å². The van der Waals surface area contributed by atoms with E-state index in [0.717, 1.165) is 0 Å². The van der Waals surface area contributed by atoms with Gasteiger partial charge in [-0.15, -0.1) is 0 Å². The van der Waals surface area contributed by atoms with Crippen LogP contribution in [-0.4, -0.2) is 154 Å². The van der Waals surface area contributed by atoms with E-state index in [2.05, 4.69) is 0 Å². The molecule has 5 N–H and O–H groups in total. The summed E-state index contributed by atoms with van der Waals surface area (Å²) in [6.07, 6.45) is -7.11. The van der Waals surface area contributed by atoms with Crippen LogP contribution in [0.4, 0.5) is 0 Å². The van der Waals surface area contributed by atoms with E-state index in [0.29, 0.717) is 19.4 Å². The highest BCUT2D eigenvalue weighted by Gasteiger charge is 2.51. The Labute approximate surface area is 300 Å². The van der Waals surface area contributed by atoms with Crippen LogP contribution < -0.4 is 0 Å². The molecule has 0 saturated carbocycles. The fraction of sp³-hybridized carbons (Fsp3) is 0.973. The van der Waals surface area contributed by atoms with Crippen LogP contribution >= 0.6 is 0 Å². The van der Waals surface area contributed by atoms with Crippen LogP contribution in [0.1, 0.15) is 94.9 Å². The third-order valence-corrected chi connectivity index (χ3v) is 11.7. The number of nitrogens with zero attached hydrogens (tertiary/aromatic N) is 2. The minimum atomic E-state index is -1.78. The van der Waals surface area contributed by atoms with Gasteiger partial charge in [-0.05, 0) is 93.8 Å². The van der Waals surface area contributed by atoms with E-state index in [1.54, 1.807) is 27.7 Å². The molecule has 0 aromatic rings. The lowest BCUT2D eigenvalue weighted by Gasteiger charge is -2.48. The van der Waals surface area contributed by atoms with Crippen molar-refractivity contribution in [1.82, 2.24) is 9.80 Å². The number of aliphatic hydroxyl groups is 5. The van der Waals surface area contributed by atoms with Crippen LogP contribution in [0, 0.1) is 23.7 Å². The average Bonchev–Trinajstić information content (AvgIpc) is 3.02. The third kappa shape index (κ3) is 9.96. The number of likely N-dealkylation sites (N-methyl/N-ethyl adjacent to an activating group) is 2. The van der Waals surface area contributed by atoms with E-state index in [1.807, 2.05) is 65.6 Å². The largest absolute Gasteiger partial charge is 0.459 e. The molecule has 0 unspecified atom stereocenters. The first-order valence-corrected chi connectivity index (χ1v) is 18.7. The number of hydrogen-bond acceptors (Lipinski definition) is 13. The highest BCUT2D eigenvalue weighted by atomic mass is 16.7. The van der Waals surface area contributed by atoms with E-state index in [1.165, 1.54) is 6.92 Å². The molecule has 13 heteroatoms. The van der Waals surface area contributed by atoms with Gasteiger partial charge in [-0.1, -0.05) is 27.7 Å². The molecule has 294 valence electrons. The lowest BCUT2D eigenvalue weighted by Crippen LogP contribution is -2.59. The molecular weight excluding hydrogens is 648 g/mol. The lowest BCUT2D eigenvalue weighted by molar-refractivity contribution is -0.309. The zero-order valence-corrected chi connectivity index (χ0v) is 32.9. The molecule has 0 aromatic carbocycles. The molecule has 0 radical (unpaired) electrons. The Bertz CT molecular complexity index is 1070. The van der Waals surface area contributed by atoms with Gasteiger partial charge in [-0.3, -0.25) is 4.79 Å². The van der Waals surface area contributed by atoms with E-state index in [4.69, 9.17) is 23.7 Å². The van der Waals surface area contributed by atoms with E-state index in [-0.39, 0.29) is 36.8 Å². The molecule has 3 aliphatic rings. The van der Waals surface area contributed by atoms with E-state index in [9.17, 15) is 30.3 Å². The van der Waals surface area contributed by atoms with Crippen molar-refractivity contribution in [2.75, 3.05) is 27.7 Å². The maximum absolute atomic E-state index is 14.1. The zero-order valence-electron chi connectivity index (χ0n) is 32.9. The summed E-state index contributed by atoms with van der Waals surface area (Å²) < 4.78 is 31.7. The van der Waals surface area contributed by atoms with Crippen LogP contribution in [0.25, 0.3) is 0 Å². The Morgan fingerprint density at radius 1 is 0.940 bits per heavy atom. The zero-order chi connectivity index (χ0) is 38.0. The van der Waals surface area contributed by atoms with Crippen LogP contribution in [0.3, 0.4) is 0 Å². The van der Waals surface area contributed by atoms with Gasteiger partial charge in [0.1, 0.15) is 23.9 Å². The van der Waals surface area contributed by atoms with Crippen molar-refractivity contribution >= 4 is 5.97 Å². The molecule has 3 rings (SSSR count). The van der Waals surface area contributed by atoms with E-state index < -0.39 is 90.4 Å². The Kier molecular flexibility index (Phi) is 15.2. The fourth-order valence-electron chi connectivity index (χ4n) is 8.51. The first kappa shape index (κ1) is 43.4. The summed E-state index contributed by atoms with van der Waals surface area (Å²) in [4.78, 5) is 18.0. The highest BCUT2D eigenvalue weighted by Crippen LogP contribution is 2.39. The minimum absolute atomic E-state index is 0.120. The molecular formula is C37H70N2O11. The van der Waals surface area contributed by atoms with Crippen LogP contribution in [0.5, 0.6) is 0 Å². The number of rotatable bonds is 6. The number of ether oxygens (including phenoxy) is 5. The van der Waals surface area contributed by atoms with E-state index >= 15 is 0 Å². The standard InChI is InChI=1S/C37H70N2O11/c1-14-27-37(10,45)32(42)24(7)39(13)18-19(2)17-36(9,44)33(50-35-30(41)26(38(11)12)16-21(4)46-35)22(5)31(23(6)34(43)48-27)49-28-15-20(3)29(40)25(8)47-28/h19-33,35,40-42,44-45H,14-18H2,1-13H3/t19-,20-,21-,22+,23-,24-,25+,26+,27-,28+,29-,30-,31+,32-,33-,35+,36-,37-/m1/s1. The topological polar surface area (TPSA) is 171 Å². The van der Waals surface area contributed by atoms with Crippen molar-refractivity contribution in [3.63, 3.8) is 0 Å². The van der Waals surface area contributed by atoms with Gasteiger partial charge in [0.15, 0.2) is 12.6 Å². The summed E-state index contributed by atoms with van der Waals surface area (Å²) in [5, 5.41) is 57.6. The van der Waals surface area contributed by atoms with Gasteiger partial charge in [-0.25, -0.2) is 0 Å². The number of carbonyl (C=O) groups is 1. The molecule has 13 nitrogen and oxygen atoms in total. The lowest BCUT2D eigenvalue weighted by atomic mass is 9.77. The summed E-state index contributed by atoms with van der Waals surface area (Å²) in [5.41, 5.74) is -3.30. The molecule has 0 amide bonds. The van der Waals surface area contributed by atoms with Gasteiger partial charge in [0.2, 0.25) is 0 Å². The van der Waals surface area contributed by atoms with Gasteiger partial charge < -0.3 is 59.0 Å². The number of carbonyl (C=O) groups excluding carboxylic acids is 1. The minimum Gasteiger partial charge on any atom is -0.459 e. The fourth-order valence-corrected chi connectivity index (χ4v) is 8.51. The molecule has 0 aliphatic carbocycles. The molecule has 0 bridgehead atoms. The van der Waals surface area contributed by atoms with Crippen LogP contribution in [-0.2, 0) is 28.5 Å². The second kappa shape index (κ2) is 17.4. The second-order valence-electron chi connectivity index (χ2n) is 16.7. The van der Waals surface area contributed by atoms with Gasteiger partial charge in [-0.2, -0.15) is 0 Å². The number of aliphatic hydroxyl groups excluding tert-OH is 3. The van der Waals surface area contributed by atoms with Crippen molar-refractivity contribution in [3.8, 4) is 0 Å². The second-order valence-corrected chi connectivity index (χ2v) is 16.7. The predicted octanol–water partition coefficient (Wildman–Crippen LogP) is 2.13. The maximum atomic E-state index is 14.1. The van der Waals surface area contributed by atoms with Gasteiger partial charge >= 0.3 is 5.97 Å². The predicted molar refractivity (Wildman–Crippen MR) is 188 cm³/mol. The molecule has 3 fully saturated rings. The van der Waals surface area contributed by atoms with Crippen LogP contribution in [0.15, 0.2) is 0 Å². The first-order valence-electron chi connectivity index (χ1n) is 18.7. The molecule has 3 aliphatic heterocycles. The summed E-state index contributed by atoms with van der Waals surface area (Å²) in [5.74, 6) is -2.57. The Hall–Kier alpha value is -0.970. The molecule has 50 heavy (non-hydrogen) atoms. The Morgan fingerprint density at radius 2 is 1.56 bits per heavy atom. The summed E-state index contributed by atoms with van der Waals surface area (Å²) in [6.45, 7) is 18.4. The van der Waals surface area contributed by atoms with Crippen molar-refractivity contribution in [3.05, 3.63) is 0 Å². The Balaban J connectivity index is 2.14. The summed E-state index contributed by atoms with van der Waals surface area (Å²) in [7, 11) is 5.63. The number of esters is 1. The van der Waals surface area contributed by atoms with Gasteiger partial charge in [0.05, 0.1) is 42.0 Å². The normalized spacial score (nSPS) is 49.6. The average molecular weight is 719 g/mol. The van der Waals surface area contributed by atoms with Crippen molar-refractivity contribution in [1.29, 1.82) is 0 Å². The number of cyclic esters (lactones) is 1. The molecule has 3 heterocycles. The quantitative estimate of drug-likeness (QED) is 0.254. The monoisotopic (exact) mass is 718 g/mol. The maximum Gasteiger partial charge on any atom is 0.311 e. The molecule has 0 spiro atoms. The van der Waals surface area contributed by atoms with Crippen molar-refractivity contribution in [2.45, 2.75) is 180 Å². The summed E-state index contributed by atoms with van der Waals surface area (Å²) in [6, 6.07) is -0.774. The summed E-state index contributed by atoms with van der Waals surface area (Å²) >= 11 is 0. The smallest absolute Gasteiger partial charge is 0.311 e. The molecule has 0 aromatic heterocycles. The SMILES string of the molecule is CC[C@H]1OC(=O)[C@H](C)[C@@H](O[C@H]2C[C@@H](C)[C@@H](O)[C@H](C)O2)[C@H](C)[C@@H](O[C@@H]2O[C@H](C)C[C@H](N(C)C)[C@H]2O)[C@](C)(O)C[C@@H](C)CN(C)[C@H](C)[C@@H](O)[C@]1(C)O. The van der Waals surface area contributed by atoms with Crippen molar-refractivity contribution < 1.29 is 54.0 Å².